The normalized spacial score (nSPS) is 10.5. The lowest BCUT2D eigenvalue weighted by Crippen LogP contribution is -2.08. The van der Waals surface area contributed by atoms with Crippen LogP contribution in [0.25, 0.3) is 22.2 Å². The van der Waals surface area contributed by atoms with Gasteiger partial charge in [-0.3, -0.25) is 0 Å². The van der Waals surface area contributed by atoms with E-state index in [1.54, 1.807) is 26.4 Å². The molecule has 0 aliphatic rings. The lowest BCUT2D eigenvalue weighted by molar-refractivity contribution is 0.122. The van der Waals surface area contributed by atoms with E-state index >= 15 is 0 Å². The summed E-state index contributed by atoms with van der Waals surface area (Å²) in [6, 6.07) is 12.7. The van der Waals surface area contributed by atoms with E-state index in [2.05, 4.69) is 25.7 Å². The zero-order chi connectivity index (χ0) is 18.7. The van der Waals surface area contributed by atoms with Crippen molar-refractivity contribution in [3.8, 4) is 28.5 Å². The van der Waals surface area contributed by atoms with Crippen LogP contribution in [0.5, 0.6) is 17.2 Å². The first-order chi connectivity index (χ1) is 12.5. The standard InChI is InChI=1S/C19H16BrNO5/c1-23-16-7-4-11(8-18(16)24-2)15-10-17(26-19(22)25-3)13-9-12(20)5-6-14(13)21-15/h4-10H,1-3H3. The van der Waals surface area contributed by atoms with E-state index in [9.17, 15) is 4.79 Å². The molecule has 0 saturated carbocycles. The minimum Gasteiger partial charge on any atom is -0.493 e. The van der Waals surface area contributed by atoms with Gasteiger partial charge in [0.15, 0.2) is 11.5 Å². The monoisotopic (exact) mass is 417 g/mol. The van der Waals surface area contributed by atoms with Crippen LogP contribution in [-0.2, 0) is 4.74 Å². The fraction of sp³-hybridized carbons (Fsp3) is 0.158. The number of fused-ring (bicyclic) bond motifs is 1. The molecule has 0 unspecified atom stereocenters. The Balaban J connectivity index is 2.17. The molecule has 134 valence electrons. The summed E-state index contributed by atoms with van der Waals surface area (Å²) in [7, 11) is 4.40. The topological polar surface area (TPSA) is 66.9 Å². The minimum absolute atomic E-state index is 0.355. The third-order valence-electron chi connectivity index (χ3n) is 3.77. The van der Waals surface area contributed by atoms with Crippen LogP contribution < -0.4 is 14.2 Å². The summed E-state index contributed by atoms with van der Waals surface area (Å²) in [4.78, 5) is 16.3. The van der Waals surface area contributed by atoms with Crippen LogP contribution in [0.4, 0.5) is 4.79 Å². The summed E-state index contributed by atoms with van der Waals surface area (Å²) in [5.41, 5.74) is 2.10. The molecule has 7 heteroatoms. The molecule has 0 atom stereocenters. The summed E-state index contributed by atoms with van der Waals surface area (Å²) >= 11 is 3.42. The first-order valence-corrected chi connectivity index (χ1v) is 8.43. The molecule has 0 aliphatic heterocycles. The van der Waals surface area contributed by atoms with Crippen molar-refractivity contribution in [2.75, 3.05) is 21.3 Å². The maximum absolute atomic E-state index is 11.6. The highest BCUT2D eigenvalue weighted by Crippen LogP contribution is 2.35. The summed E-state index contributed by atoms with van der Waals surface area (Å²) < 4.78 is 21.4. The quantitative estimate of drug-likeness (QED) is 0.566. The molecular formula is C19H16BrNO5. The van der Waals surface area contributed by atoms with E-state index < -0.39 is 6.16 Å². The third-order valence-corrected chi connectivity index (χ3v) is 4.27. The van der Waals surface area contributed by atoms with Crippen molar-refractivity contribution in [1.29, 1.82) is 0 Å². The molecule has 1 heterocycles. The molecule has 2 aromatic carbocycles. The number of carbonyl (C=O) groups is 1. The van der Waals surface area contributed by atoms with Gasteiger partial charge < -0.3 is 18.9 Å². The van der Waals surface area contributed by atoms with Crippen LogP contribution in [0, 0.1) is 0 Å². The van der Waals surface area contributed by atoms with Crippen molar-refractivity contribution in [2.45, 2.75) is 0 Å². The lowest BCUT2D eigenvalue weighted by atomic mass is 10.1. The van der Waals surface area contributed by atoms with Crippen LogP contribution in [0.2, 0.25) is 0 Å². The van der Waals surface area contributed by atoms with Crippen molar-refractivity contribution in [3.63, 3.8) is 0 Å². The number of halogens is 1. The highest BCUT2D eigenvalue weighted by Gasteiger charge is 2.14. The van der Waals surface area contributed by atoms with Crippen molar-refractivity contribution in [2.24, 2.45) is 0 Å². The van der Waals surface area contributed by atoms with E-state index in [1.807, 2.05) is 30.3 Å². The van der Waals surface area contributed by atoms with Gasteiger partial charge in [0.1, 0.15) is 5.75 Å². The largest absolute Gasteiger partial charge is 0.513 e. The van der Waals surface area contributed by atoms with Gasteiger partial charge in [-0.1, -0.05) is 15.9 Å². The molecular weight excluding hydrogens is 402 g/mol. The van der Waals surface area contributed by atoms with Gasteiger partial charge in [-0.05, 0) is 36.4 Å². The number of hydrogen-bond donors (Lipinski definition) is 0. The third kappa shape index (κ3) is 3.57. The molecule has 0 N–H and O–H groups in total. The summed E-state index contributed by atoms with van der Waals surface area (Å²) in [5.74, 6) is 1.55. The summed E-state index contributed by atoms with van der Waals surface area (Å²) in [6.07, 6.45) is -0.796. The molecule has 0 radical (unpaired) electrons. The van der Waals surface area contributed by atoms with Crippen LogP contribution in [0.15, 0.2) is 46.9 Å². The van der Waals surface area contributed by atoms with E-state index in [4.69, 9.17) is 14.2 Å². The van der Waals surface area contributed by atoms with E-state index in [-0.39, 0.29) is 0 Å². The van der Waals surface area contributed by atoms with Gasteiger partial charge in [-0.15, -0.1) is 0 Å². The molecule has 0 saturated heterocycles. The number of methoxy groups -OCH3 is 3. The Labute approximate surface area is 158 Å². The lowest BCUT2D eigenvalue weighted by Gasteiger charge is -2.12. The first-order valence-electron chi connectivity index (χ1n) is 7.64. The number of hydrogen-bond acceptors (Lipinski definition) is 6. The second-order valence-corrected chi connectivity index (χ2v) is 6.21. The molecule has 3 rings (SSSR count). The average Bonchev–Trinajstić information content (AvgIpc) is 2.67. The smallest absolute Gasteiger partial charge is 0.493 e. The number of carbonyl (C=O) groups excluding carboxylic acids is 1. The predicted octanol–water partition coefficient (Wildman–Crippen LogP) is 4.83. The number of nitrogens with zero attached hydrogens (tertiary/aromatic N) is 1. The summed E-state index contributed by atoms with van der Waals surface area (Å²) in [6.45, 7) is 0. The Morgan fingerprint density at radius 1 is 0.923 bits per heavy atom. The van der Waals surface area contributed by atoms with Crippen molar-refractivity contribution >= 4 is 33.0 Å². The second kappa shape index (κ2) is 7.61. The Hall–Kier alpha value is -2.80. The van der Waals surface area contributed by atoms with E-state index in [1.165, 1.54) is 7.11 Å². The van der Waals surface area contributed by atoms with Gasteiger partial charge in [0.2, 0.25) is 0 Å². The zero-order valence-electron chi connectivity index (χ0n) is 14.4. The van der Waals surface area contributed by atoms with Gasteiger partial charge in [0.05, 0.1) is 32.5 Å². The van der Waals surface area contributed by atoms with Gasteiger partial charge in [0.25, 0.3) is 0 Å². The number of pyridine rings is 1. The van der Waals surface area contributed by atoms with Crippen LogP contribution in [0.1, 0.15) is 0 Å². The molecule has 3 aromatic rings. The average molecular weight is 418 g/mol. The molecule has 0 spiro atoms. The molecule has 1 aromatic heterocycles. The molecule has 0 bridgehead atoms. The SMILES string of the molecule is COC(=O)Oc1cc(-c2ccc(OC)c(OC)c2)nc2ccc(Br)cc12. The number of rotatable bonds is 4. The number of aromatic nitrogens is 1. The highest BCUT2D eigenvalue weighted by molar-refractivity contribution is 9.10. The predicted molar refractivity (Wildman–Crippen MR) is 101 cm³/mol. The zero-order valence-corrected chi connectivity index (χ0v) is 16.0. The molecule has 0 aliphatic carbocycles. The molecule has 26 heavy (non-hydrogen) atoms. The maximum atomic E-state index is 11.6. The number of ether oxygens (including phenoxy) is 4. The summed E-state index contributed by atoms with van der Waals surface area (Å²) in [5, 5.41) is 0.689. The fourth-order valence-electron chi connectivity index (χ4n) is 2.53. The van der Waals surface area contributed by atoms with Gasteiger partial charge in [-0.25, -0.2) is 9.78 Å². The van der Waals surface area contributed by atoms with Gasteiger partial charge in [0, 0.05) is 21.5 Å². The van der Waals surface area contributed by atoms with Gasteiger partial charge in [-0.2, -0.15) is 0 Å². The second-order valence-electron chi connectivity index (χ2n) is 5.29. The van der Waals surface area contributed by atoms with Crippen LogP contribution in [-0.4, -0.2) is 32.5 Å². The van der Waals surface area contributed by atoms with E-state index in [0.29, 0.717) is 33.8 Å². The van der Waals surface area contributed by atoms with Crippen LogP contribution in [0.3, 0.4) is 0 Å². The van der Waals surface area contributed by atoms with Crippen molar-refractivity contribution in [3.05, 3.63) is 46.9 Å². The Bertz CT molecular complexity index is 974. The fourth-order valence-corrected chi connectivity index (χ4v) is 2.89. The molecule has 0 amide bonds. The Kier molecular flexibility index (Phi) is 5.27. The Morgan fingerprint density at radius 3 is 2.38 bits per heavy atom. The minimum atomic E-state index is -0.796. The maximum Gasteiger partial charge on any atom is 0.513 e. The Morgan fingerprint density at radius 2 is 1.69 bits per heavy atom. The molecule has 0 fully saturated rings. The first kappa shape index (κ1) is 18.0. The number of benzene rings is 2. The van der Waals surface area contributed by atoms with Crippen LogP contribution >= 0.6 is 15.9 Å². The van der Waals surface area contributed by atoms with Crippen molar-refractivity contribution < 1.29 is 23.7 Å². The van der Waals surface area contributed by atoms with E-state index in [0.717, 1.165) is 10.0 Å². The molecule has 6 nitrogen and oxygen atoms in total. The van der Waals surface area contributed by atoms with Crippen molar-refractivity contribution in [1.82, 2.24) is 4.98 Å². The highest BCUT2D eigenvalue weighted by atomic mass is 79.9. The van der Waals surface area contributed by atoms with Gasteiger partial charge >= 0.3 is 6.16 Å².